The Kier molecular flexibility index (Phi) is 5.47. The predicted octanol–water partition coefficient (Wildman–Crippen LogP) is 2.39. The van der Waals surface area contributed by atoms with Gasteiger partial charge in [-0.2, -0.15) is 11.8 Å². The number of pyridine rings is 1. The molecule has 0 aromatic carbocycles. The molecule has 1 rings (SSSR count). The molecule has 0 spiro atoms. The molecule has 1 aromatic heterocycles. The van der Waals surface area contributed by atoms with Crippen LogP contribution in [0.5, 0.6) is 0 Å². The number of carbonyl (C=O) groups is 1. The summed E-state index contributed by atoms with van der Waals surface area (Å²) in [6.07, 6.45) is 3.53. The highest BCUT2D eigenvalue weighted by Gasteiger charge is 2.17. The van der Waals surface area contributed by atoms with Gasteiger partial charge in [0.2, 0.25) is 0 Å². The molecule has 5 nitrogen and oxygen atoms in total. The molecule has 0 saturated heterocycles. The lowest BCUT2D eigenvalue weighted by Gasteiger charge is -2.22. The van der Waals surface area contributed by atoms with E-state index >= 15 is 0 Å². The van der Waals surface area contributed by atoms with E-state index in [9.17, 15) is 4.79 Å². The number of rotatable bonds is 6. The third kappa shape index (κ3) is 4.63. The van der Waals surface area contributed by atoms with E-state index in [1.165, 1.54) is 6.20 Å². The van der Waals surface area contributed by atoms with Crippen LogP contribution < -0.4 is 11.1 Å². The van der Waals surface area contributed by atoms with Crippen LogP contribution in [0.4, 0.5) is 11.5 Å². The van der Waals surface area contributed by atoms with Crippen molar-refractivity contribution in [2.24, 2.45) is 0 Å². The number of nitrogen functional groups attached to an aromatic ring is 1. The minimum atomic E-state index is -0.422. The highest BCUT2D eigenvalue weighted by molar-refractivity contribution is 7.99. The maximum absolute atomic E-state index is 11.7. The van der Waals surface area contributed by atoms with Crippen LogP contribution in [0.25, 0.3) is 0 Å². The summed E-state index contributed by atoms with van der Waals surface area (Å²) >= 11 is 1.76. The molecule has 0 atom stereocenters. The zero-order valence-electron chi connectivity index (χ0n) is 11.8. The Morgan fingerprint density at radius 2 is 2.26 bits per heavy atom. The molecule has 0 aliphatic heterocycles. The van der Waals surface area contributed by atoms with E-state index in [2.05, 4.69) is 30.4 Å². The van der Waals surface area contributed by atoms with Gasteiger partial charge in [0.1, 0.15) is 5.82 Å². The quantitative estimate of drug-likeness (QED) is 0.781. The topological polar surface area (TPSA) is 77.2 Å². The van der Waals surface area contributed by atoms with Crippen molar-refractivity contribution in [1.29, 1.82) is 0 Å². The number of thioether (sulfide) groups is 1. The fourth-order valence-corrected chi connectivity index (χ4v) is 1.54. The van der Waals surface area contributed by atoms with Gasteiger partial charge in [-0.3, -0.25) is 0 Å². The standard InChI is InChI=1S/C13H21N3O2S/c1-5-18-12(17)9-6-11(15-7-10(9)14)16-8-13(2,3)19-4/h6-7H,5,8,14H2,1-4H3,(H,15,16). The van der Waals surface area contributed by atoms with Gasteiger partial charge in [0.15, 0.2) is 0 Å². The number of nitrogens with one attached hydrogen (secondary N) is 1. The summed E-state index contributed by atoms with van der Waals surface area (Å²) in [6.45, 7) is 7.09. The van der Waals surface area contributed by atoms with Gasteiger partial charge in [-0.1, -0.05) is 0 Å². The van der Waals surface area contributed by atoms with Gasteiger partial charge in [-0.05, 0) is 33.1 Å². The van der Waals surface area contributed by atoms with Crippen LogP contribution in [0.3, 0.4) is 0 Å². The van der Waals surface area contributed by atoms with Gasteiger partial charge in [0, 0.05) is 11.3 Å². The zero-order chi connectivity index (χ0) is 14.5. The van der Waals surface area contributed by atoms with Crippen LogP contribution in [0.2, 0.25) is 0 Å². The van der Waals surface area contributed by atoms with Crippen molar-refractivity contribution in [2.75, 3.05) is 30.5 Å². The second-order valence-electron chi connectivity index (χ2n) is 4.69. The van der Waals surface area contributed by atoms with E-state index in [4.69, 9.17) is 10.5 Å². The smallest absolute Gasteiger partial charge is 0.340 e. The number of anilines is 2. The first-order valence-corrected chi connectivity index (χ1v) is 7.33. The SMILES string of the molecule is CCOC(=O)c1cc(NCC(C)(C)SC)ncc1N. The maximum Gasteiger partial charge on any atom is 0.340 e. The van der Waals surface area contributed by atoms with Crippen LogP contribution in [0.15, 0.2) is 12.3 Å². The maximum atomic E-state index is 11.7. The van der Waals surface area contributed by atoms with E-state index in [1.807, 2.05) is 0 Å². The van der Waals surface area contributed by atoms with Crippen molar-refractivity contribution >= 4 is 29.2 Å². The lowest BCUT2D eigenvalue weighted by molar-refractivity contribution is 0.0527. The molecule has 106 valence electrons. The molecular weight excluding hydrogens is 262 g/mol. The third-order valence-electron chi connectivity index (χ3n) is 2.68. The summed E-state index contributed by atoms with van der Waals surface area (Å²) < 4.78 is 5.04. The number of esters is 1. The zero-order valence-corrected chi connectivity index (χ0v) is 12.6. The Hall–Kier alpha value is -1.43. The van der Waals surface area contributed by atoms with Crippen LogP contribution >= 0.6 is 11.8 Å². The van der Waals surface area contributed by atoms with Crippen molar-refractivity contribution in [2.45, 2.75) is 25.5 Å². The summed E-state index contributed by atoms with van der Waals surface area (Å²) in [5, 5.41) is 3.21. The van der Waals surface area contributed by atoms with Crippen LogP contribution in [0.1, 0.15) is 31.1 Å². The van der Waals surface area contributed by atoms with Gasteiger partial charge in [-0.25, -0.2) is 9.78 Å². The Balaban J connectivity index is 2.82. The lowest BCUT2D eigenvalue weighted by Crippen LogP contribution is -2.26. The van der Waals surface area contributed by atoms with E-state index in [0.717, 1.165) is 6.54 Å². The molecule has 1 aromatic rings. The molecule has 0 radical (unpaired) electrons. The molecule has 6 heteroatoms. The molecule has 0 unspecified atom stereocenters. The largest absolute Gasteiger partial charge is 0.462 e. The van der Waals surface area contributed by atoms with E-state index < -0.39 is 5.97 Å². The van der Waals surface area contributed by atoms with E-state index in [-0.39, 0.29) is 4.75 Å². The highest BCUT2D eigenvalue weighted by Crippen LogP contribution is 2.22. The fourth-order valence-electron chi connectivity index (χ4n) is 1.32. The molecule has 3 N–H and O–H groups in total. The first-order valence-electron chi connectivity index (χ1n) is 6.11. The van der Waals surface area contributed by atoms with Crippen LogP contribution in [0, 0.1) is 0 Å². The first-order chi connectivity index (χ1) is 8.89. The van der Waals surface area contributed by atoms with Crippen molar-refractivity contribution in [3.8, 4) is 0 Å². The van der Waals surface area contributed by atoms with Crippen molar-refractivity contribution < 1.29 is 9.53 Å². The summed E-state index contributed by atoms with van der Waals surface area (Å²) in [6, 6.07) is 1.63. The van der Waals surface area contributed by atoms with Crippen molar-refractivity contribution in [3.63, 3.8) is 0 Å². The summed E-state index contributed by atoms with van der Waals surface area (Å²) in [5.41, 5.74) is 6.41. The van der Waals surface area contributed by atoms with Gasteiger partial charge in [-0.15, -0.1) is 0 Å². The summed E-state index contributed by atoms with van der Waals surface area (Å²) in [4.78, 5) is 15.9. The van der Waals surface area contributed by atoms with Gasteiger partial charge < -0.3 is 15.8 Å². The Morgan fingerprint density at radius 1 is 1.58 bits per heavy atom. The molecule has 1 heterocycles. The van der Waals surface area contributed by atoms with Crippen LogP contribution in [-0.4, -0.2) is 35.1 Å². The summed E-state index contributed by atoms with van der Waals surface area (Å²) in [7, 11) is 0. The van der Waals surface area contributed by atoms with E-state index in [0.29, 0.717) is 23.7 Å². The first kappa shape index (κ1) is 15.6. The van der Waals surface area contributed by atoms with Gasteiger partial charge >= 0.3 is 5.97 Å². The number of nitrogens with two attached hydrogens (primary N) is 1. The minimum absolute atomic E-state index is 0.0904. The lowest BCUT2D eigenvalue weighted by atomic mass is 10.2. The average Bonchev–Trinajstić information content (AvgIpc) is 2.38. The molecule has 0 saturated carbocycles. The Labute approximate surface area is 118 Å². The molecule has 0 fully saturated rings. The summed E-state index contributed by atoms with van der Waals surface area (Å²) in [5.74, 6) is 0.203. The number of hydrogen-bond acceptors (Lipinski definition) is 6. The second-order valence-corrected chi connectivity index (χ2v) is 6.21. The average molecular weight is 283 g/mol. The molecule has 0 bridgehead atoms. The Bertz CT molecular complexity index is 450. The van der Waals surface area contributed by atoms with Crippen LogP contribution in [-0.2, 0) is 4.74 Å². The van der Waals surface area contributed by atoms with Crippen molar-refractivity contribution in [1.82, 2.24) is 4.98 Å². The second kappa shape index (κ2) is 6.65. The van der Waals surface area contributed by atoms with Crippen molar-refractivity contribution in [3.05, 3.63) is 17.8 Å². The number of ether oxygens (including phenoxy) is 1. The van der Waals surface area contributed by atoms with Gasteiger partial charge in [0.25, 0.3) is 0 Å². The number of nitrogens with zero attached hydrogens (tertiary/aromatic N) is 1. The molecular formula is C13H21N3O2S. The monoisotopic (exact) mass is 283 g/mol. The molecule has 19 heavy (non-hydrogen) atoms. The molecule has 0 amide bonds. The van der Waals surface area contributed by atoms with E-state index in [1.54, 1.807) is 24.8 Å². The normalized spacial score (nSPS) is 11.2. The predicted molar refractivity (Wildman–Crippen MR) is 80.7 cm³/mol. The number of carbonyl (C=O) groups excluding carboxylic acids is 1. The third-order valence-corrected chi connectivity index (χ3v) is 3.93. The van der Waals surface area contributed by atoms with Gasteiger partial charge in [0.05, 0.1) is 24.1 Å². The number of hydrogen-bond donors (Lipinski definition) is 2. The minimum Gasteiger partial charge on any atom is -0.462 e. The Morgan fingerprint density at radius 3 is 2.84 bits per heavy atom. The number of aromatic nitrogens is 1. The fraction of sp³-hybridized carbons (Fsp3) is 0.538. The molecule has 0 aliphatic rings. The highest BCUT2D eigenvalue weighted by atomic mass is 32.2. The molecule has 0 aliphatic carbocycles.